The van der Waals surface area contributed by atoms with Gasteiger partial charge in [-0.25, -0.2) is 9.97 Å². The van der Waals surface area contributed by atoms with Gasteiger partial charge >= 0.3 is 0 Å². The fraction of sp³-hybridized carbons (Fsp3) is 0. The summed E-state index contributed by atoms with van der Waals surface area (Å²) in [7, 11) is 0. The SMILES string of the molecule is Nc1cc(-c2cncn2-c2ccc(Cl)cc2)ccn1. The number of imidazole rings is 1. The second-order valence-corrected chi connectivity index (χ2v) is 4.53. The maximum absolute atomic E-state index is 5.90. The van der Waals surface area contributed by atoms with Gasteiger partial charge in [0.05, 0.1) is 18.2 Å². The maximum atomic E-state index is 5.90. The number of nitrogen functional groups attached to an aromatic ring is 1. The average Bonchev–Trinajstić information content (AvgIpc) is 2.89. The van der Waals surface area contributed by atoms with Crippen LogP contribution in [0.1, 0.15) is 0 Å². The molecule has 3 aromatic rings. The minimum Gasteiger partial charge on any atom is -0.384 e. The molecular weight excluding hydrogens is 260 g/mol. The van der Waals surface area contributed by atoms with Gasteiger partial charge in [0.15, 0.2) is 0 Å². The zero-order valence-corrected chi connectivity index (χ0v) is 10.7. The lowest BCUT2D eigenvalue weighted by Crippen LogP contribution is -1.96. The van der Waals surface area contributed by atoms with Crippen LogP contribution in [-0.2, 0) is 0 Å². The van der Waals surface area contributed by atoms with Gasteiger partial charge in [0.2, 0.25) is 0 Å². The lowest BCUT2D eigenvalue weighted by molar-refractivity contribution is 1.06. The largest absolute Gasteiger partial charge is 0.384 e. The van der Waals surface area contributed by atoms with Crippen molar-refractivity contribution in [2.24, 2.45) is 0 Å². The molecule has 3 rings (SSSR count). The van der Waals surface area contributed by atoms with Gasteiger partial charge in [0.1, 0.15) is 5.82 Å². The molecule has 0 saturated heterocycles. The van der Waals surface area contributed by atoms with Crippen LogP contribution in [0, 0.1) is 0 Å². The van der Waals surface area contributed by atoms with Gasteiger partial charge < -0.3 is 5.73 Å². The summed E-state index contributed by atoms with van der Waals surface area (Å²) in [4.78, 5) is 8.19. The summed E-state index contributed by atoms with van der Waals surface area (Å²) in [6, 6.07) is 11.3. The van der Waals surface area contributed by atoms with E-state index in [1.165, 1.54) is 0 Å². The molecule has 4 nitrogen and oxygen atoms in total. The molecule has 0 radical (unpaired) electrons. The quantitative estimate of drug-likeness (QED) is 0.778. The van der Waals surface area contributed by atoms with E-state index in [1.807, 2.05) is 41.0 Å². The Balaban J connectivity index is 2.10. The van der Waals surface area contributed by atoms with E-state index in [-0.39, 0.29) is 0 Å². The Morgan fingerprint density at radius 2 is 1.89 bits per heavy atom. The van der Waals surface area contributed by atoms with Crippen LogP contribution >= 0.6 is 11.6 Å². The Labute approximate surface area is 115 Å². The summed E-state index contributed by atoms with van der Waals surface area (Å²) >= 11 is 5.90. The second kappa shape index (κ2) is 4.74. The van der Waals surface area contributed by atoms with Crippen molar-refractivity contribution in [3.05, 3.63) is 60.1 Å². The molecule has 0 unspecified atom stereocenters. The third-order valence-electron chi connectivity index (χ3n) is 2.82. The molecule has 2 heterocycles. The van der Waals surface area contributed by atoms with Gasteiger partial charge in [0, 0.05) is 22.5 Å². The average molecular weight is 271 g/mol. The first-order chi connectivity index (χ1) is 9.24. The Morgan fingerprint density at radius 3 is 2.63 bits per heavy atom. The monoisotopic (exact) mass is 270 g/mol. The minimum atomic E-state index is 0.487. The van der Waals surface area contributed by atoms with Crippen LogP contribution in [0.5, 0.6) is 0 Å². The second-order valence-electron chi connectivity index (χ2n) is 4.09. The smallest absolute Gasteiger partial charge is 0.123 e. The minimum absolute atomic E-state index is 0.487. The molecule has 19 heavy (non-hydrogen) atoms. The number of hydrogen-bond donors (Lipinski definition) is 1. The van der Waals surface area contributed by atoms with Gasteiger partial charge in [-0.05, 0) is 36.4 Å². The highest BCUT2D eigenvalue weighted by Crippen LogP contribution is 2.24. The van der Waals surface area contributed by atoms with Gasteiger partial charge in [0.25, 0.3) is 0 Å². The normalized spacial score (nSPS) is 10.6. The van der Waals surface area contributed by atoms with Gasteiger partial charge in [-0.15, -0.1) is 0 Å². The van der Waals surface area contributed by atoms with Crippen LogP contribution in [0.3, 0.4) is 0 Å². The first kappa shape index (κ1) is 11.7. The van der Waals surface area contributed by atoms with Crippen LogP contribution in [0.15, 0.2) is 55.1 Å². The van der Waals surface area contributed by atoms with Crippen molar-refractivity contribution in [3.8, 4) is 16.9 Å². The molecule has 0 aliphatic carbocycles. The van der Waals surface area contributed by atoms with E-state index in [4.69, 9.17) is 17.3 Å². The molecule has 2 aromatic heterocycles. The Hall–Kier alpha value is -2.33. The predicted molar refractivity (Wildman–Crippen MR) is 76.2 cm³/mol. The fourth-order valence-electron chi connectivity index (χ4n) is 1.92. The summed E-state index contributed by atoms with van der Waals surface area (Å²) in [6.07, 6.45) is 5.24. The molecule has 0 aliphatic heterocycles. The van der Waals surface area contributed by atoms with Crippen LogP contribution in [0.2, 0.25) is 5.02 Å². The number of hydrogen-bond acceptors (Lipinski definition) is 3. The third-order valence-corrected chi connectivity index (χ3v) is 3.07. The summed E-state index contributed by atoms with van der Waals surface area (Å²) in [5, 5.41) is 0.707. The number of rotatable bonds is 2. The van der Waals surface area contributed by atoms with E-state index in [0.717, 1.165) is 16.9 Å². The molecule has 1 aromatic carbocycles. The maximum Gasteiger partial charge on any atom is 0.123 e. The number of benzene rings is 1. The predicted octanol–water partition coefficient (Wildman–Crippen LogP) is 3.17. The topological polar surface area (TPSA) is 56.7 Å². The van der Waals surface area contributed by atoms with Gasteiger partial charge in [-0.2, -0.15) is 0 Å². The lowest BCUT2D eigenvalue weighted by atomic mass is 10.2. The number of pyridine rings is 1. The number of aromatic nitrogens is 3. The molecule has 0 fully saturated rings. The zero-order chi connectivity index (χ0) is 13.2. The molecule has 0 bridgehead atoms. The molecule has 5 heteroatoms. The summed E-state index contributed by atoms with van der Waals surface area (Å²) in [6.45, 7) is 0. The standard InChI is InChI=1S/C14H11ClN4/c15-11-1-3-12(4-2-11)19-9-17-8-13(19)10-5-6-18-14(16)7-10/h1-9H,(H2,16,18). The van der Waals surface area contributed by atoms with Crippen LogP contribution < -0.4 is 5.73 Å². The molecule has 2 N–H and O–H groups in total. The van der Waals surface area contributed by atoms with Crippen molar-refractivity contribution >= 4 is 17.4 Å². The molecule has 0 aliphatic rings. The van der Waals surface area contributed by atoms with Crippen molar-refractivity contribution in [2.45, 2.75) is 0 Å². The summed E-state index contributed by atoms with van der Waals surface area (Å²) < 4.78 is 1.98. The molecule has 0 spiro atoms. The number of anilines is 1. The third kappa shape index (κ3) is 2.30. The Morgan fingerprint density at radius 1 is 1.11 bits per heavy atom. The van der Waals surface area contributed by atoms with Gasteiger partial charge in [-0.1, -0.05) is 11.6 Å². The highest BCUT2D eigenvalue weighted by molar-refractivity contribution is 6.30. The van der Waals surface area contributed by atoms with E-state index in [1.54, 1.807) is 18.7 Å². The Bertz CT molecular complexity index is 703. The van der Waals surface area contributed by atoms with Crippen LogP contribution in [-0.4, -0.2) is 14.5 Å². The van der Waals surface area contributed by atoms with Crippen LogP contribution in [0.25, 0.3) is 16.9 Å². The van der Waals surface area contributed by atoms with Crippen molar-refractivity contribution in [1.29, 1.82) is 0 Å². The zero-order valence-electron chi connectivity index (χ0n) is 9.99. The van der Waals surface area contributed by atoms with E-state index >= 15 is 0 Å². The highest BCUT2D eigenvalue weighted by Gasteiger charge is 2.07. The van der Waals surface area contributed by atoms with E-state index in [2.05, 4.69) is 9.97 Å². The summed E-state index contributed by atoms with van der Waals surface area (Å²) in [5.74, 6) is 0.487. The van der Waals surface area contributed by atoms with Crippen molar-refractivity contribution < 1.29 is 0 Å². The molecule has 0 atom stereocenters. The summed E-state index contributed by atoms with van der Waals surface area (Å²) in [5.41, 5.74) is 8.64. The number of nitrogens with zero attached hydrogens (tertiary/aromatic N) is 3. The molecular formula is C14H11ClN4. The molecule has 0 amide bonds. The molecule has 0 saturated carbocycles. The number of nitrogens with two attached hydrogens (primary N) is 1. The first-order valence-corrected chi connectivity index (χ1v) is 6.12. The van der Waals surface area contributed by atoms with Crippen molar-refractivity contribution in [3.63, 3.8) is 0 Å². The lowest BCUT2D eigenvalue weighted by Gasteiger charge is -2.08. The van der Waals surface area contributed by atoms with E-state index in [0.29, 0.717) is 10.8 Å². The van der Waals surface area contributed by atoms with Crippen LogP contribution in [0.4, 0.5) is 5.82 Å². The highest BCUT2D eigenvalue weighted by atomic mass is 35.5. The van der Waals surface area contributed by atoms with Crippen molar-refractivity contribution in [2.75, 3.05) is 5.73 Å². The van der Waals surface area contributed by atoms with Gasteiger partial charge in [-0.3, -0.25) is 4.57 Å². The van der Waals surface area contributed by atoms with E-state index < -0.39 is 0 Å². The molecule has 94 valence electrons. The van der Waals surface area contributed by atoms with Crippen molar-refractivity contribution in [1.82, 2.24) is 14.5 Å². The Kier molecular flexibility index (Phi) is 2.93. The first-order valence-electron chi connectivity index (χ1n) is 5.74. The van der Waals surface area contributed by atoms with E-state index in [9.17, 15) is 0 Å². The number of halogens is 1. The fourth-order valence-corrected chi connectivity index (χ4v) is 2.05.